The van der Waals surface area contributed by atoms with Crippen LogP contribution in [0.2, 0.25) is 5.15 Å². The molecule has 118 valence electrons. The summed E-state index contributed by atoms with van der Waals surface area (Å²) in [5.74, 6) is 3.20. The summed E-state index contributed by atoms with van der Waals surface area (Å²) in [4.78, 5) is 12.2. The van der Waals surface area contributed by atoms with E-state index < -0.39 is 0 Å². The fourth-order valence-corrected chi connectivity index (χ4v) is 2.04. The van der Waals surface area contributed by atoms with Crippen LogP contribution in [0.25, 0.3) is 0 Å². The van der Waals surface area contributed by atoms with Crippen molar-refractivity contribution in [2.45, 2.75) is 20.5 Å². The Hall–Kier alpha value is -2.67. The number of benzene rings is 1. The van der Waals surface area contributed by atoms with Crippen LogP contribution in [0.3, 0.4) is 0 Å². The van der Waals surface area contributed by atoms with Gasteiger partial charge in [0.25, 0.3) is 5.89 Å². The summed E-state index contributed by atoms with van der Waals surface area (Å²) in [6.45, 7) is 3.71. The number of aromatic nitrogens is 4. The molecule has 0 aliphatic heterocycles. The highest BCUT2D eigenvalue weighted by atomic mass is 35.5. The van der Waals surface area contributed by atoms with Crippen molar-refractivity contribution in [2.24, 2.45) is 0 Å². The van der Waals surface area contributed by atoms with Crippen molar-refractivity contribution in [3.8, 4) is 17.4 Å². The molecule has 0 N–H and O–H groups in total. The van der Waals surface area contributed by atoms with Crippen LogP contribution in [0, 0.1) is 13.8 Å². The van der Waals surface area contributed by atoms with E-state index >= 15 is 0 Å². The summed E-state index contributed by atoms with van der Waals surface area (Å²) in [7, 11) is 0. The first-order valence-corrected chi connectivity index (χ1v) is 7.17. The molecule has 0 bridgehead atoms. The van der Waals surface area contributed by atoms with Gasteiger partial charge in [0.2, 0.25) is 5.88 Å². The summed E-state index contributed by atoms with van der Waals surface area (Å²) in [5, 5.41) is 4.03. The van der Waals surface area contributed by atoms with Crippen LogP contribution in [0.5, 0.6) is 17.4 Å². The van der Waals surface area contributed by atoms with Crippen LogP contribution in [0.4, 0.5) is 0 Å². The predicted molar refractivity (Wildman–Crippen MR) is 81.7 cm³/mol. The number of nitrogens with zero attached hydrogens (tertiary/aromatic N) is 4. The number of ether oxygens (including phenoxy) is 2. The number of hydrogen-bond acceptors (Lipinski definition) is 7. The number of rotatable bonds is 5. The fraction of sp³-hybridized carbons (Fsp3) is 0.200. The van der Waals surface area contributed by atoms with Gasteiger partial charge in [0.05, 0.1) is 0 Å². The SMILES string of the molecule is Cc1nc(Cl)cc(Oc2ccc(OCc3nc(C)no3)cc2)n1. The third-order valence-electron chi connectivity index (χ3n) is 2.76. The Morgan fingerprint density at radius 2 is 1.74 bits per heavy atom. The second kappa shape index (κ2) is 6.62. The largest absolute Gasteiger partial charge is 0.484 e. The summed E-state index contributed by atoms with van der Waals surface area (Å²) < 4.78 is 16.2. The van der Waals surface area contributed by atoms with Gasteiger partial charge in [0.15, 0.2) is 12.4 Å². The van der Waals surface area contributed by atoms with Gasteiger partial charge in [-0.05, 0) is 38.1 Å². The first kappa shape index (κ1) is 15.2. The maximum absolute atomic E-state index is 5.87. The van der Waals surface area contributed by atoms with E-state index in [9.17, 15) is 0 Å². The molecule has 2 heterocycles. The lowest BCUT2D eigenvalue weighted by atomic mass is 10.3. The highest BCUT2D eigenvalue weighted by Crippen LogP contribution is 2.24. The van der Waals surface area contributed by atoms with Crippen LogP contribution >= 0.6 is 11.6 Å². The summed E-state index contributed by atoms with van der Waals surface area (Å²) in [5.41, 5.74) is 0. The summed E-state index contributed by atoms with van der Waals surface area (Å²) in [6.07, 6.45) is 0. The lowest BCUT2D eigenvalue weighted by Crippen LogP contribution is -1.96. The zero-order valence-electron chi connectivity index (χ0n) is 12.5. The van der Waals surface area contributed by atoms with Crippen LogP contribution < -0.4 is 9.47 Å². The second-order valence-electron chi connectivity index (χ2n) is 4.67. The van der Waals surface area contributed by atoms with E-state index in [1.54, 1.807) is 44.2 Å². The predicted octanol–water partition coefficient (Wildman–Crippen LogP) is 3.50. The molecular formula is C15H13ClN4O3. The Kier molecular flexibility index (Phi) is 4.38. The Morgan fingerprint density at radius 1 is 1.00 bits per heavy atom. The highest BCUT2D eigenvalue weighted by molar-refractivity contribution is 6.29. The fourth-order valence-electron chi connectivity index (χ4n) is 1.83. The van der Waals surface area contributed by atoms with Gasteiger partial charge in [-0.15, -0.1) is 0 Å². The monoisotopic (exact) mass is 332 g/mol. The molecule has 1 aromatic carbocycles. The van der Waals surface area contributed by atoms with E-state index in [0.717, 1.165) is 0 Å². The molecule has 0 saturated carbocycles. The van der Waals surface area contributed by atoms with Crippen LogP contribution in [-0.4, -0.2) is 20.1 Å². The van der Waals surface area contributed by atoms with Crippen molar-refractivity contribution < 1.29 is 14.0 Å². The normalized spacial score (nSPS) is 10.6. The molecule has 23 heavy (non-hydrogen) atoms. The van der Waals surface area contributed by atoms with Crippen molar-refractivity contribution in [3.63, 3.8) is 0 Å². The van der Waals surface area contributed by atoms with Crippen LogP contribution in [0.1, 0.15) is 17.5 Å². The molecule has 7 nitrogen and oxygen atoms in total. The maximum Gasteiger partial charge on any atom is 0.264 e. The second-order valence-corrected chi connectivity index (χ2v) is 5.06. The summed E-state index contributed by atoms with van der Waals surface area (Å²) in [6, 6.07) is 8.62. The zero-order chi connectivity index (χ0) is 16.2. The molecule has 0 amide bonds. The number of halogens is 1. The third kappa shape index (κ3) is 4.17. The first-order valence-electron chi connectivity index (χ1n) is 6.79. The van der Waals surface area contributed by atoms with Gasteiger partial charge in [-0.25, -0.2) is 4.98 Å². The van der Waals surface area contributed by atoms with Crippen molar-refractivity contribution >= 4 is 11.6 Å². The van der Waals surface area contributed by atoms with Crippen molar-refractivity contribution in [1.29, 1.82) is 0 Å². The molecule has 8 heteroatoms. The van der Waals surface area contributed by atoms with Gasteiger partial charge >= 0.3 is 0 Å². The molecule has 0 saturated heterocycles. The minimum atomic E-state index is 0.210. The first-order chi connectivity index (χ1) is 11.1. The van der Waals surface area contributed by atoms with Gasteiger partial charge in [0.1, 0.15) is 22.5 Å². The lowest BCUT2D eigenvalue weighted by molar-refractivity contribution is 0.242. The van der Waals surface area contributed by atoms with Gasteiger partial charge < -0.3 is 14.0 Å². The summed E-state index contributed by atoms with van der Waals surface area (Å²) >= 11 is 5.87. The van der Waals surface area contributed by atoms with E-state index in [-0.39, 0.29) is 6.61 Å². The molecular weight excluding hydrogens is 320 g/mol. The molecule has 0 radical (unpaired) electrons. The van der Waals surface area contributed by atoms with Gasteiger partial charge in [-0.3, -0.25) is 0 Å². The molecule has 3 rings (SSSR count). The highest BCUT2D eigenvalue weighted by Gasteiger charge is 2.05. The minimum Gasteiger partial charge on any atom is -0.484 e. The molecule has 0 aliphatic rings. The Bertz CT molecular complexity index is 784. The smallest absolute Gasteiger partial charge is 0.264 e. The van der Waals surface area contributed by atoms with Crippen LogP contribution in [0.15, 0.2) is 34.9 Å². The number of hydrogen-bond donors (Lipinski definition) is 0. The van der Waals surface area contributed by atoms with Gasteiger partial charge in [-0.2, -0.15) is 9.97 Å². The van der Waals surface area contributed by atoms with E-state index in [4.69, 9.17) is 25.6 Å². The topological polar surface area (TPSA) is 83.2 Å². The Morgan fingerprint density at radius 3 is 2.39 bits per heavy atom. The lowest BCUT2D eigenvalue weighted by Gasteiger charge is -2.07. The molecule has 3 aromatic rings. The Balaban J connectivity index is 1.62. The van der Waals surface area contributed by atoms with Crippen molar-refractivity contribution in [2.75, 3.05) is 0 Å². The molecule has 0 aliphatic carbocycles. The Labute approximate surface area is 137 Å². The third-order valence-corrected chi connectivity index (χ3v) is 2.95. The number of aryl methyl sites for hydroxylation is 2. The molecule has 0 atom stereocenters. The van der Waals surface area contributed by atoms with E-state index in [1.165, 1.54) is 0 Å². The molecule has 0 fully saturated rings. The van der Waals surface area contributed by atoms with Crippen molar-refractivity contribution in [1.82, 2.24) is 20.1 Å². The zero-order valence-corrected chi connectivity index (χ0v) is 13.2. The molecule has 2 aromatic heterocycles. The minimum absolute atomic E-state index is 0.210. The van der Waals surface area contributed by atoms with E-state index in [2.05, 4.69) is 20.1 Å². The van der Waals surface area contributed by atoms with Crippen molar-refractivity contribution in [3.05, 3.63) is 53.0 Å². The average Bonchev–Trinajstić information content (AvgIpc) is 2.91. The van der Waals surface area contributed by atoms with Crippen LogP contribution in [-0.2, 0) is 6.61 Å². The molecule has 0 unspecified atom stereocenters. The standard InChI is InChI=1S/C15H13ClN4O3/c1-9-17-13(16)7-14(18-9)22-12-5-3-11(4-6-12)21-8-15-19-10(2)20-23-15/h3-7H,8H2,1-2H3. The van der Waals surface area contributed by atoms with E-state index in [1.807, 2.05) is 0 Å². The van der Waals surface area contributed by atoms with Gasteiger partial charge in [-0.1, -0.05) is 16.8 Å². The quantitative estimate of drug-likeness (QED) is 0.661. The maximum atomic E-state index is 5.87. The molecule has 0 spiro atoms. The van der Waals surface area contributed by atoms with Gasteiger partial charge in [0, 0.05) is 6.07 Å². The average molecular weight is 333 g/mol. The van der Waals surface area contributed by atoms with E-state index in [0.29, 0.717) is 40.1 Å².